The van der Waals surface area contributed by atoms with E-state index in [1.54, 1.807) is 0 Å². The lowest BCUT2D eigenvalue weighted by Crippen LogP contribution is -2.16. The third kappa shape index (κ3) is 4.04. The molecule has 1 N–H and O–H groups in total. The van der Waals surface area contributed by atoms with Gasteiger partial charge in [0.1, 0.15) is 5.75 Å². The van der Waals surface area contributed by atoms with E-state index >= 15 is 0 Å². The fourth-order valence-electron chi connectivity index (χ4n) is 3.65. The predicted molar refractivity (Wildman–Crippen MR) is 115 cm³/mol. The molecule has 1 heterocycles. The molecule has 0 radical (unpaired) electrons. The van der Waals surface area contributed by atoms with Gasteiger partial charge in [0.2, 0.25) is 0 Å². The predicted octanol–water partition coefficient (Wildman–Crippen LogP) is 4.96. The summed E-state index contributed by atoms with van der Waals surface area (Å²) in [5.74, 6) is 0.908. The summed E-state index contributed by atoms with van der Waals surface area (Å²) in [6, 6.07) is 15.8. The van der Waals surface area contributed by atoms with Crippen LogP contribution in [0.15, 0.2) is 48.5 Å². The average molecular weight is 389 g/mol. The lowest BCUT2D eigenvalue weighted by Gasteiger charge is -2.13. The molecule has 5 heteroatoms. The van der Waals surface area contributed by atoms with Gasteiger partial charge in [-0.15, -0.1) is 0 Å². The molecular weight excluding hydrogens is 362 g/mol. The van der Waals surface area contributed by atoms with E-state index in [0.29, 0.717) is 29.7 Å². The minimum absolute atomic E-state index is 0.186. The normalized spacial score (nSPS) is 12.8. The summed E-state index contributed by atoms with van der Waals surface area (Å²) in [6.45, 7) is 6.86. The number of para-hydroxylation sites is 2. The van der Waals surface area contributed by atoms with E-state index in [9.17, 15) is 4.79 Å². The van der Waals surface area contributed by atoms with Crippen molar-refractivity contribution in [3.63, 3.8) is 0 Å². The molecule has 3 aromatic rings. The molecule has 2 aromatic carbocycles. The molecule has 0 spiro atoms. The van der Waals surface area contributed by atoms with Gasteiger partial charge in [0, 0.05) is 11.3 Å². The summed E-state index contributed by atoms with van der Waals surface area (Å²) in [6.07, 6.45) is 2.88. The van der Waals surface area contributed by atoms with Crippen LogP contribution in [0.4, 0.5) is 5.69 Å². The van der Waals surface area contributed by atoms with Crippen LogP contribution in [0.1, 0.15) is 47.6 Å². The van der Waals surface area contributed by atoms with E-state index in [-0.39, 0.29) is 5.91 Å². The Bertz CT molecular complexity index is 1020. The van der Waals surface area contributed by atoms with Crippen molar-refractivity contribution in [2.24, 2.45) is 5.92 Å². The number of aromatic nitrogens is 2. The third-order valence-corrected chi connectivity index (χ3v) is 5.13. The number of hydrogen-bond acceptors (Lipinski definition) is 3. The van der Waals surface area contributed by atoms with Crippen molar-refractivity contribution < 1.29 is 9.53 Å². The minimum Gasteiger partial charge on any atom is -0.491 e. The average Bonchev–Trinajstić information content (AvgIpc) is 3.31. The van der Waals surface area contributed by atoms with Crippen molar-refractivity contribution in [1.29, 1.82) is 0 Å². The van der Waals surface area contributed by atoms with Crippen molar-refractivity contribution in [3.05, 3.63) is 71.0 Å². The van der Waals surface area contributed by atoms with Crippen LogP contribution in [-0.2, 0) is 12.8 Å². The first-order chi connectivity index (χ1) is 14.0. The van der Waals surface area contributed by atoms with Gasteiger partial charge in [-0.1, -0.05) is 43.7 Å². The second kappa shape index (κ2) is 8.11. The van der Waals surface area contributed by atoms with Gasteiger partial charge in [0.05, 0.1) is 18.0 Å². The molecule has 0 saturated heterocycles. The minimum atomic E-state index is -0.186. The number of nitrogens with one attached hydrogen (secondary N) is 1. The molecule has 1 aromatic heterocycles. The van der Waals surface area contributed by atoms with E-state index in [1.807, 2.05) is 28.9 Å². The first-order valence-corrected chi connectivity index (χ1v) is 10.2. The molecule has 1 aliphatic rings. The van der Waals surface area contributed by atoms with Crippen molar-refractivity contribution in [1.82, 2.24) is 9.78 Å². The summed E-state index contributed by atoms with van der Waals surface area (Å²) < 4.78 is 7.80. The van der Waals surface area contributed by atoms with Crippen LogP contribution in [0.25, 0.3) is 5.69 Å². The van der Waals surface area contributed by atoms with E-state index in [1.165, 1.54) is 5.56 Å². The zero-order valence-corrected chi connectivity index (χ0v) is 17.2. The highest BCUT2D eigenvalue weighted by molar-refractivity contribution is 6.05. The van der Waals surface area contributed by atoms with Crippen LogP contribution in [0.2, 0.25) is 0 Å². The quantitative estimate of drug-likeness (QED) is 0.648. The SMILES string of the molecule is Cc1ccc(-n2nc(C(=O)Nc3ccccc3OCC(C)C)c3c2CCC3)cc1. The zero-order valence-electron chi connectivity index (χ0n) is 17.2. The summed E-state index contributed by atoms with van der Waals surface area (Å²) in [4.78, 5) is 13.1. The lowest BCUT2D eigenvalue weighted by molar-refractivity contribution is 0.102. The van der Waals surface area contributed by atoms with Crippen LogP contribution in [0.3, 0.4) is 0 Å². The monoisotopic (exact) mass is 389 g/mol. The maximum absolute atomic E-state index is 13.1. The first-order valence-electron chi connectivity index (χ1n) is 10.2. The molecule has 5 nitrogen and oxygen atoms in total. The Morgan fingerprint density at radius 1 is 1.14 bits per heavy atom. The Hall–Kier alpha value is -3.08. The van der Waals surface area contributed by atoms with Gasteiger partial charge < -0.3 is 10.1 Å². The topological polar surface area (TPSA) is 56.2 Å². The summed E-state index contributed by atoms with van der Waals surface area (Å²) in [7, 11) is 0. The van der Waals surface area contributed by atoms with Crippen molar-refractivity contribution in [3.8, 4) is 11.4 Å². The van der Waals surface area contributed by atoms with Gasteiger partial charge in [-0.3, -0.25) is 4.79 Å². The van der Waals surface area contributed by atoms with E-state index < -0.39 is 0 Å². The Labute approximate surface area is 171 Å². The lowest BCUT2D eigenvalue weighted by atomic mass is 10.2. The molecular formula is C24H27N3O2. The number of nitrogens with zero attached hydrogens (tertiary/aromatic N) is 2. The molecule has 150 valence electrons. The maximum atomic E-state index is 13.1. The van der Waals surface area contributed by atoms with Crippen molar-refractivity contribution >= 4 is 11.6 Å². The Morgan fingerprint density at radius 2 is 1.90 bits per heavy atom. The number of carbonyl (C=O) groups is 1. The van der Waals surface area contributed by atoms with Gasteiger partial charge in [-0.2, -0.15) is 5.10 Å². The van der Waals surface area contributed by atoms with Gasteiger partial charge >= 0.3 is 0 Å². The highest BCUT2D eigenvalue weighted by atomic mass is 16.5. The van der Waals surface area contributed by atoms with E-state index in [4.69, 9.17) is 9.84 Å². The number of carbonyl (C=O) groups excluding carboxylic acids is 1. The van der Waals surface area contributed by atoms with Crippen LogP contribution in [0.5, 0.6) is 5.75 Å². The molecule has 1 aliphatic carbocycles. The second-order valence-electron chi connectivity index (χ2n) is 8.03. The number of fused-ring (bicyclic) bond motifs is 1. The second-order valence-corrected chi connectivity index (χ2v) is 8.03. The summed E-state index contributed by atoms with van der Waals surface area (Å²) in [5, 5.41) is 7.71. The molecule has 4 rings (SSSR count). The Morgan fingerprint density at radius 3 is 2.66 bits per heavy atom. The number of benzene rings is 2. The van der Waals surface area contributed by atoms with Crippen LogP contribution in [0, 0.1) is 12.8 Å². The molecule has 0 saturated carbocycles. The fraction of sp³-hybridized carbons (Fsp3) is 0.333. The standard InChI is InChI=1S/C24H27N3O2/c1-16(2)15-29-22-10-5-4-8-20(22)25-24(28)23-19-7-6-9-21(19)27(26-23)18-13-11-17(3)12-14-18/h4-5,8,10-14,16H,6-7,9,15H2,1-3H3,(H,25,28). The van der Waals surface area contributed by atoms with Crippen LogP contribution < -0.4 is 10.1 Å². The highest BCUT2D eigenvalue weighted by Crippen LogP contribution is 2.30. The number of hydrogen-bond donors (Lipinski definition) is 1. The van der Waals surface area contributed by atoms with Crippen molar-refractivity contribution in [2.75, 3.05) is 11.9 Å². The molecule has 29 heavy (non-hydrogen) atoms. The Balaban J connectivity index is 1.62. The summed E-state index contributed by atoms with van der Waals surface area (Å²) >= 11 is 0. The largest absolute Gasteiger partial charge is 0.491 e. The number of ether oxygens (including phenoxy) is 1. The molecule has 0 aliphatic heterocycles. The number of rotatable bonds is 6. The fourth-order valence-corrected chi connectivity index (χ4v) is 3.65. The molecule has 0 bridgehead atoms. The first kappa shape index (κ1) is 19.2. The van der Waals surface area contributed by atoms with E-state index in [2.05, 4.69) is 50.4 Å². The molecule has 0 atom stereocenters. The van der Waals surface area contributed by atoms with Gasteiger partial charge in [-0.25, -0.2) is 4.68 Å². The number of amides is 1. The maximum Gasteiger partial charge on any atom is 0.276 e. The molecule has 0 fully saturated rings. The van der Waals surface area contributed by atoms with Crippen LogP contribution >= 0.6 is 0 Å². The van der Waals surface area contributed by atoms with Gasteiger partial charge in [0.25, 0.3) is 5.91 Å². The zero-order chi connectivity index (χ0) is 20.4. The number of aryl methyl sites for hydroxylation is 1. The summed E-state index contributed by atoms with van der Waals surface area (Å²) in [5.41, 5.74) is 5.58. The molecule has 0 unspecified atom stereocenters. The van der Waals surface area contributed by atoms with E-state index in [0.717, 1.165) is 36.2 Å². The smallest absolute Gasteiger partial charge is 0.276 e. The third-order valence-electron chi connectivity index (χ3n) is 5.13. The molecule has 1 amide bonds. The highest BCUT2D eigenvalue weighted by Gasteiger charge is 2.27. The Kier molecular flexibility index (Phi) is 5.38. The van der Waals surface area contributed by atoms with Gasteiger partial charge in [0.15, 0.2) is 5.69 Å². The number of anilines is 1. The van der Waals surface area contributed by atoms with Crippen molar-refractivity contribution in [2.45, 2.75) is 40.0 Å². The van der Waals surface area contributed by atoms with Crippen LogP contribution in [-0.4, -0.2) is 22.3 Å². The van der Waals surface area contributed by atoms with Gasteiger partial charge in [-0.05, 0) is 56.4 Å².